The van der Waals surface area contributed by atoms with E-state index in [0.717, 1.165) is 17.1 Å². The van der Waals surface area contributed by atoms with E-state index in [1.807, 2.05) is 12.1 Å². The highest BCUT2D eigenvalue weighted by atomic mass is 16.5. The highest BCUT2D eigenvalue weighted by Crippen LogP contribution is 2.26. The van der Waals surface area contributed by atoms with Crippen LogP contribution < -0.4 is 9.64 Å². The summed E-state index contributed by atoms with van der Waals surface area (Å²) >= 11 is 0. The summed E-state index contributed by atoms with van der Waals surface area (Å²) < 4.78 is 5.88. The van der Waals surface area contributed by atoms with E-state index in [1.54, 1.807) is 24.3 Å². The van der Waals surface area contributed by atoms with Crippen LogP contribution in [0.4, 0.5) is 5.69 Å². The van der Waals surface area contributed by atoms with Gasteiger partial charge in [-0.15, -0.1) is 0 Å². The molecule has 0 radical (unpaired) electrons. The van der Waals surface area contributed by atoms with Crippen molar-refractivity contribution in [3.8, 4) is 11.5 Å². The Morgan fingerprint density at radius 2 is 1.21 bits per heavy atom. The van der Waals surface area contributed by atoms with E-state index in [-0.39, 0.29) is 11.8 Å². The third kappa shape index (κ3) is 6.05. The summed E-state index contributed by atoms with van der Waals surface area (Å²) in [6, 6.07) is 15.2. The molecule has 0 saturated carbocycles. The summed E-state index contributed by atoms with van der Waals surface area (Å²) in [5.41, 5.74) is 1.88. The lowest BCUT2D eigenvalue weighted by Crippen LogP contribution is -2.29. The zero-order valence-electron chi connectivity index (χ0n) is 17.1. The van der Waals surface area contributed by atoms with Gasteiger partial charge < -0.3 is 4.74 Å². The molecular weight excluding hydrogens is 362 g/mol. The van der Waals surface area contributed by atoms with Gasteiger partial charge in [0.2, 0.25) is 0 Å². The Balaban J connectivity index is 1.45. The standard InChI is InChI=1S/C25H29NO3/c1-2-3-4-5-6-7-8-9-20-10-14-22(15-11-20)29-23-16-12-21(13-17-23)26-24(27)18-19-25(26)28/h10-19H,2-9H2,1H3. The number of imide groups is 1. The zero-order chi connectivity index (χ0) is 20.5. The Morgan fingerprint density at radius 3 is 1.79 bits per heavy atom. The molecule has 0 saturated heterocycles. The Kier molecular flexibility index (Phi) is 7.62. The summed E-state index contributed by atoms with van der Waals surface area (Å²) in [6.07, 6.45) is 12.9. The molecule has 2 aromatic rings. The first kappa shape index (κ1) is 20.8. The number of carbonyl (C=O) groups is 2. The molecule has 0 N–H and O–H groups in total. The predicted molar refractivity (Wildman–Crippen MR) is 116 cm³/mol. The van der Waals surface area contributed by atoms with Gasteiger partial charge in [0.15, 0.2) is 0 Å². The number of anilines is 1. The molecule has 4 heteroatoms. The van der Waals surface area contributed by atoms with Gasteiger partial charge in [-0.2, -0.15) is 0 Å². The molecule has 4 nitrogen and oxygen atoms in total. The van der Waals surface area contributed by atoms with E-state index in [0.29, 0.717) is 11.4 Å². The second-order valence-corrected chi connectivity index (χ2v) is 7.46. The highest BCUT2D eigenvalue weighted by Gasteiger charge is 2.24. The van der Waals surface area contributed by atoms with Gasteiger partial charge in [-0.05, 0) is 54.8 Å². The first-order chi connectivity index (χ1) is 14.2. The van der Waals surface area contributed by atoms with Crippen molar-refractivity contribution in [2.45, 2.75) is 58.3 Å². The Bertz CT molecular complexity index is 819. The first-order valence-corrected chi connectivity index (χ1v) is 10.6. The maximum Gasteiger partial charge on any atom is 0.258 e. The molecule has 0 aliphatic carbocycles. The van der Waals surface area contributed by atoms with Crippen molar-refractivity contribution in [2.75, 3.05) is 4.90 Å². The third-order valence-electron chi connectivity index (χ3n) is 5.13. The van der Waals surface area contributed by atoms with Gasteiger partial charge in [-0.1, -0.05) is 57.6 Å². The molecule has 1 aliphatic rings. The molecule has 0 unspecified atom stereocenters. The number of hydrogen-bond donors (Lipinski definition) is 0. The zero-order valence-corrected chi connectivity index (χ0v) is 17.1. The third-order valence-corrected chi connectivity index (χ3v) is 5.13. The van der Waals surface area contributed by atoms with Crippen LogP contribution >= 0.6 is 0 Å². The maximum atomic E-state index is 11.7. The molecule has 152 valence electrons. The fraction of sp³-hybridized carbons (Fsp3) is 0.360. The van der Waals surface area contributed by atoms with Crippen LogP contribution in [0.5, 0.6) is 11.5 Å². The number of carbonyl (C=O) groups excluding carboxylic acids is 2. The molecule has 3 rings (SSSR count). The second kappa shape index (κ2) is 10.6. The van der Waals surface area contributed by atoms with Crippen molar-refractivity contribution in [3.63, 3.8) is 0 Å². The van der Waals surface area contributed by atoms with Gasteiger partial charge >= 0.3 is 0 Å². The van der Waals surface area contributed by atoms with E-state index < -0.39 is 0 Å². The average molecular weight is 392 g/mol. The number of rotatable bonds is 11. The van der Waals surface area contributed by atoms with Crippen molar-refractivity contribution in [1.82, 2.24) is 0 Å². The van der Waals surface area contributed by atoms with E-state index in [4.69, 9.17) is 4.74 Å². The molecule has 2 aromatic carbocycles. The van der Waals surface area contributed by atoms with Crippen molar-refractivity contribution in [1.29, 1.82) is 0 Å². The highest BCUT2D eigenvalue weighted by molar-refractivity contribution is 6.28. The Morgan fingerprint density at radius 1 is 0.690 bits per heavy atom. The number of amides is 2. The van der Waals surface area contributed by atoms with Gasteiger partial charge in [0.05, 0.1) is 5.69 Å². The molecule has 0 spiro atoms. The van der Waals surface area contributed by atoms with Crippen molar-refractivity contribution >= 4 is 17.5 Å². The summed E-state index contributed by atoms with van der Waals surface area (Å²) in [5.74, 6) is 0.803. The molecule has 2 amide bonds. The van der Waals surface area contributed by atoms with Gasteiger partial charge in [0.1, 0.15) is 11.5 Å². The molecule has 29 heavy (non-hydrogen) atoms. The van der Waals surface area contributed by atoms with Crippen molar-refractivity contribution in [3.05, 3.63) is 66.2 Å². The maximum absolute atomic E-state index is 11.7. The van der Waals surface area contributed by atoms with Gasteiger partial charge in [-0.25, -0.2) is 4.90 Å². The summed E-state index contributed by atoms with van der Waals surface area (Å²) in [4.78, 5) is 24.6. The number of aryl methyl sites for hydroxylation is 1. The van der Waals surface area contributed by atoms with E-state index in [1.165, 1.54) is 62.7 Å². The van der Waals surface area contributed by atoms with Crippen LogP contribution in [-0.2, 0) is 16.0 Å². The monoisotopic (exact) mass is 391 g/mol. The first-order valence-electron chi connectivity index (χ1n) is 10.6. The molecule has 0 bridgehead atoms. The van der Waals surface area contributed by atoms with Crippen LogP contribution in [0.1, 0.15) is 57.4 Å². The molecule has 0 aromatic heterocycles. The number of hydrogen-bond acceptors (Lipinski definition) is 3. The topological polar surface area (TPSA) is 46.6 Å². The van der Waals surface area contributed by atoms with Crippen molar-refractivity contribution in [2.24, 2.45) is 0 Å². The molecule has 1 heterocycles. The SMILES string of the molecule is CCCCCCCCCc1ccc(Oc2ccc(N3C(=O)C=CC3=O)cc2)cc1. The van der Waals surface area contributed by atoms with E-state index in [9.17, 15) is 9.59 Å². The number of benzene rings is 2. The quantitative estimate of drug-likeness (QED) is 0.338. The van der Waals surface area contributed by atoms with Crippen LogP contribution in [0.2, 0.25) is 0 Å². The smallest absolute Gasteiger partial charge is 0.258 e. The van der Waals surface area contributed by atoms with Crippen LogP contribution in [0.3, 0.4) is 0 Å². The van der Waals surface area contributed by atoms with Crippen LogP contribution in [-0.4, -0.2) is 11.8 Å². The summed E-state index contributed by atoms with van der Waals surface area (Å²) in [7, 11) is 0. The minimum Gasteiger partial charge on any atom is -0.457 e. The fourth-order valence-corrected chi connectivity index (χ4v) is 3.46. The molecule has 0 atom stereocenters. The van der Waals surface area contributed by atoms with E-state index >= 15 is 0 Å². The molecule has 1 aliphatic heterocycles. The summed E-state index contributed by atoms with van der Waals surface area (Å²) in [6.45, 7) is 2.25. The van der Waals surface area contributed by atoms with Crippen LogP contribution in [0.25, 0.3) is 0 Å². The Labute approximate surface area is 173 Å². The van der Waals surface area contributed by atoms with Crippen molar-refractivity contribution < 1.29 is 14.3 Å². The number of nitrogens with zero attached hydrogens (tertiary/aromatic N) is 1. The predicted octanol–water partition coefficient (Wildman–Crippen LogP) is 6.20. The minimum atomic E-state index is -0.319. The molecule has 0 fully saturated rings. The Hall–Kier alpha value is -2.88. The molecular formula is C25H29NO3. The number of unbranched alkanes of at least 4 members (excludes halogenated alkanes) is 6. The lowest BCUT2D eigenvalue weighted by Gasteiger charge is -2.14. The lowest BCUT2D eigenvalue weighted by atomic mass is 10.0. The van der Waals surface area contributed by atoms with E-state index in [2.05, 4.69) is 19.1 Å². The largest absolute Gasteiger partial charge is 0.457 e. The minimum absolute atomic E-state index is 0.319. The summed E-state index contributed by atoms with van der Waals surface area (Å²) in [5, 5.41) is 0. The van der Waals surface area contributed by atoms with Gasteiger partial charge in [0.25, 0.3) is 11.8 Å². The average Bonchev–Trinajstić information content (AvgIpc) is 3.07. The lowest BCUT2D eigenvalue weighted by molar-refractivity contribution is -0.119. The van der Waals surface area contributed by atoms with Crippen LogP contribution in [0, 0.1) is 0 Å². The van der Waals surface area contributed by atoms with Crippen LogP contribution in [0.15, 0.2) is 60.7 Å². The fourth-order valence-electron chi connectivity index (χ4n) is 3.46. The van der Waals surface area contributed by atoms with Gasteiger partial charge in [0, 0.05) is 12.2 Å². The normalized spacial score (nSPS) is 13.3. The number of ether oxygens (including phenoxy) is 1. The van der Waals surface area contributed by atoms with Gasteiger partial charge in [-0.3, -0.25) is 9.59 Å². The second-order valence-electron chi connectivity index (χ2n) is 7.46.